The summed E-state index contributed by atoms with van der Waals surface area (Å²) in [6.45, 7) is 3.55. The number of aliphatic hydroxyl groups is 1. The molecule has 25 heavy (non-hydrogen) atoms. The van der Waals surface area contributed by atoms with Gasteiger partial charge in [-0.25, -0.2) is 0 Å². The Morgan fingerprint density at radius 2 is 2.16 bits per heavy atom. The van der Waals surface area contributed by atoms with Crippen molar-refractivity contribution in [3.05, 3.63) is 40.4 Å². The minimum atomic E-state index is -0.212. The Kier molecular flexibility index (Phi) is 5.63. The molecule has 1 aromatic rings. The fourth-order valence-corrected chi connectivity index (χ4v) is 4.31. The summed E-state index contributed by atoms with van der Waals surface area (Å²) >= 11 is 1.49. The van der Waals surface area contributed by atoms with E-state index in [1.807, 2.05) is 36.1 Å². The van der Waals surface area contributed by atoms with Crippen molar-refractivity contribution < 1.29 is 14.6 Å². The van der Waals surface area contributed by atoms with Gasteiger partial charge in [0.1, 0.15) is 5.75 Å². The number of aliphatic hydroxyl groups excluding tert-OH is 1. The number of β-amino-alcohol motifs (C(OH)–C–C–N with tert-alkyl or cyclic N) is 1. The lowest BCUT2D eigenvalue weighted by Crippen LogP contribution is -2.47. The van der Waals surface area contributed by atoms with Crippen LogP contribution in [0.2, 0.25) is 0 Å². The maximum Gasteiger partial charge on any atom is 0.229 e. The standard InChI is InChI=1S/C18H21N3O3S/c1-2-24-14-5-3-13(4-6-14)15-9-17(23)21-11-20(7-8-22)12-25-18(21)16(15)10-19/h3-6,15,22H,2,7-9,11-12H2,1H3. The highest BCUT2D eigenvalue weighted by Gasteiger charge is 2.38. The van der Waals surface area contributed by atoms with Crippen LogP contribution < -0.4 is 4.74 Å². The first kappa shape index (κ1) is 17.8. The SMILES string of the molecule is CCOc1ccc(C2CC(=O)N3CN(CCO)CSC3=C2C#N)cc1. The molecule has 1 unspecified atom stereocenters. The number of nitriles is 1. The van der Waals surface area contributed by atoms with Gasteiger partial charge in [0, 0.05) is 18.9 Å². The van der Waals surface area contributed by atoms with Gasteiger partial charge in [-0.1, -0.05) is 23.9 Å². The lowest BCUT2D eigenvalue weighted by Gasteiger charge is -2.41. The van der Waals surface area contributed by atoms with Crippen LogP contribution in [0.4, 0.5) is 0 Å². The average molecular weight is 359 g/mol. The van der Waals surface area contributed by atoms with E-state index in [-0.39, 0.29) is 24.9 Å². The summed E-state index contributed by atoms with van der Waals surface area (Å²) in [5.41, 5.74) is 1.61. The molecule has 1 N–H and O–H groups in total. The number of carbonyl (C=O) groups excluding carboxylic acids is 1. The second kappa shape index (κ2) is 7.91. The molecule has 1 saturated heterocycles. The third kappa shape index (κ3) is 3.66. The highest BCUT2D eigenvalue weighted by molar-refractivity contribution is 8.03. The van der Waals surface area contributed by atoms with Gasteiger partial charge in [-0.2, -0.15) is 5.26 Å². The molecule has 7 heteroatoms. The Labute approximate surface area is 151 Å². The zero-order chi connectivity index (χ0) is 17.8. The third-order valence-electron chi connectivity index (χ3n) is 4.36. The fourth-order valence-electron chi connectivity index (χ4n) is 3.14. The van der Waals surface area contributed by atoms with Gasteiger partial charge in [0.05, 0.1) is 42.4 Å². The Morgan fingerprint density at radius 1 is 1.40 bits per heavy atom. The molecule has 1 atom stereocenters. The Hall–Kier alpha value is -2.01. The van der Waals surface area contributed by atoms with E-state index in [1.165, 1.54) is 11.8 Å². The molecule has 0 spiro atoms. The van der Waals surface area contributed by atoms with Crippen molar-refractivity contribution in [1.82, 2.24) is 9.80 Å². The third-order valence-corrected chi connectivity index (χ3v) is 5.57. The molecule has 6 nitrogen and oxygen atoms in total. The van der Waals surface area contributed by atoms with E-state index in [0.29, 0.717) is 31.3 Å². The van der Waals surface area contributed by atoms with Crippen molar-refractivity contribution >= 4 is 17.7 Å². The van der Waals surface area contributed by atoms with E-state index < -0.39 is 0 Å². The lowest BCUT2D eigenvalue weighted by molar-refractivity contribution is -0.131. The highest BCUT2D eigenvalue weighted by atomic mass is 32.2. The first-order valence-electron chi connectivity index (χ1n) is 8.31. The van der Waals surface area contributed by atoms with Gasteiger partial charge in [-0.05, 0) is 24.6 Å². The molecule has 2 aliphatic rings. The largest absolute Gasteiger partial charge is 0.494 e. The first-order chi connectivity index (χ1) is 12.2. The molecule has 132 valence electrons. The number of thioether (sulfide) groups is 1. The van der Waals surface area contributed by atoms with Crippen LogP contribution in [-0.2, 0) is 4.79 Å². The lowest BCUT2D eigenvalue weighted by atomic mass is 9.86. The van der Waals surface area contributed by atoms with E-state index in [2.05, 4.69) is 6.07 Å². The van der Waals surface area contributed by atoms with Crippen molar-refractivity contribution in [2.45, 2.75) is 19.3 Å². The summed E-state index contributed by atoms with van der Waals surface area (Å²) in [5, 5.41) is 19.6. The van der Waals surface area contributed by atoms with Crippen molar-refractivity contribution in [2.24, 2.45) is 0 Å². The molecule has 2 heterocycles. The zero-order valence-electron chi connectivity index (χ0n) is 14.1. The number of allylic oxidation sites excluding steroid dienone is 1. The van der Waals surface area contributed by atoms with Gasteiger partial charge >= 0.3 is 0 Å². The van der Waals surface area contributed by atoms with Gasteiger partial charge < -0.3 is 9.84 Å². The van der Waals surface area contributed by atoms with E-state index in [9.17, 15) is 10.1 Å². The first-order valence-corrected chi connectivity index (χ1v) is 9.29. The molecule has 0 radical (unpaired) electrons. The number of fused-ring (bicyclic) bond motifs is 1. The van der Waals surface area contributed by atoms with Crippen molar-refractivity contribution in [3.8, 4) is 11.8 Å². The molecule has 0 bridgehead atoms. The number of benzene rings is 1. The molecular formula is C18H21N3O3S. The maximum absolute atomic E-state index is 12.6. The summed E-state index contributed by atoms with van der Waals surface area (Å²) in [5.74, 6) is 1.26. The number of carbonyl (C=O) groups is 1. The quantitative estimate of drug-likeness (QED) is 0.867. The van der Waals surface area contributed by atoms with Gasteiger partial charge in [0.15, 0.2) is 0 Å². The van der Waals surface area contributed by atoms with Crippen molar-refractivity contribution in [2.75, 3.05) is 32.3 Å². The Bertz CT molecular complexity index is 711. The minimum absolute atomic E-state index is 0.0167. The van der Waals surface area contributed by atoms with Crippen LogP contribution in [0.15, 0.2) is 34.9 Å². The Morgan fingerprint density at radius 3 is 2.80 bits per heavy atom. The van der Waals surface area contributed by atoms with Crippen LogP contribution >= 0.6 is 11.8 Å². The normalized spacial score (nSPS) is 21.1. The monoisotopic (exact) mass is 359 g/mol. The molecule has 1 amide bonds. The summed E-state index contributed by atoms with van der Waals surface area (Å²) < 4.78 is 5.46. The predicted octanol–water partition coefficient (Wildman–Crippen LogP) is 2.09. The summed E-state index contributed by atoms with van der Waals surface area (Å²) in [7, 11) is 0. The van der Waals surface area contributed by atoms with Crippen molar-refractivity contribution in [1.29, 1.82) is 5.26 Å². The smallest absolute Gasteiger partial charge is 0.229 e. The highest BCUT2D eigenvalue weighted by Crippen LogP contribution is 2.42. The number of amides is 1. The van der Waals surface area contributed by atoms with Crippen LogP contribution in [0.3, 0.4) is 0 Å². The van der Waals surface area contributed by atoms with Crippen LogP contribution in [0, 0.1) is 11.3 Å². The number of hydrogen-bond acceptors (Lipinski definition) is 6. The van der Waals surface area contributed by atoms with Gasteiger partial charge in [-0.15, -0.1) is 0 Å². The van der Waals surface area contributed by atoms with E-state index >= 15 is 0 Å². The second-order valence-corrected chi connectivity index (χ2v) is 6.88. The van der Waals surface area contributed by atoms with Crippen molar-refractivity contribution in [3.63, 3.8) is 0 Å². The maximum atomic E-state index is 12.6. The number of hydrogen-bond donors (Lipinski definition) is 1. The van der Waals surface area contributed by atoms with Crippen LogP contribution in [-0.4, -0.2) is 53.1 Å². The van der Waals surface area contributed by atoms with Crippen LogP contribution in [0.5, 0.6) is 5.75 Å². The van der Waals surface area contributed by atoms with Crippen LogP contribution in [0.1, 0.15) is 24.8 Å². The second-order valence-electron chi connectivity index (χ2n) is 5.94. The minimum Gasteiger partial charge on any atom is -0.494 e. The number of nitrogens with zero attached hydrogens (tertiary/aromatic N) is 3. The molecule has 2 aliphatic heterocycles. The van der Waals surface area contributed by atoms with Gasteiger partial charge in [0.2, 0.25) is 5.91 Å². The number of rotatable bonds is 5. The summed E-state index contributed by atoms with van der Waals surface area (Å²) in [6, 6.07) is 9.95. The molecule has 0 saturated carbocycles. The molecule has 1 aromatic carbocycles. The molecule has 3 rings (SSSR count). The summed E-state index contributed by atoms with van der Waals surface area (Å²) in [4.78, 5) is 16.3. The zero-order valence-corrected chi connectivity index (χ0v) is 15.0. The summed E-state index contributed by atoms with van der Waals surface area (Å²) in [6.07, 6.45) is 0.286. The topological polar surface area (TPSA) is 76.8 Å². The van der Waals surface area contributed by atoms with E-state index in [4.69, 9.17) is 9.84 Å². The van der Waals surface area contributed by atoms with Crippen LogP contribution in [0.25, 0.3) is 0 Å². The van der Waals surface area contributed by atoms with E-state index in [0.717, 1.165) is 16.3 Å². The fraction of sp³-hybridized carbons (Fsp3) is 0.444. The number of ether oxygens (including phenoxy) is 1. The van der Waals surface area contributed by atoms with Gasteiger partial charge in [0.25, 0.3) is 0 Å². The van der Waals surface area contributed by atoms with Gasteiger partial charge in [-0.3, -0.25) is 14.6 Å². The molecule has 1 fully saturated rings. The molecule has 0 aliphatic carbocycles. The Balaban J connectivity index is 1.88. The molecule has 0 aromatic heterocycles. The molecular weight excluding hydrogens is 338 g/mol. The average Bonchev–Trinajstić information content (AvgIpc) is 2.63. The predicted molar refractivity (Wildman–Crippen MR) is 95.6 cm³/mol. The van der Waals surface area contributed by atoms with E-state index in [1.54, 1.807) is 4.90 Å².